The molecule has 144 valence electrons. The van der Waals surface area contributed by atoms with Gasteiger partial charge in [0.05, 0.1) is 6.04 Å². The average molecular weight is 487 g/mol. The first-order valence-electron chi connectivity index (χ1n) is 8.65. The summed E-state index contributed by atoms with van der Waals surface area (Å²) in [5.41, 5.74) is 1.21. The van der Waals surface area contributed by atoms with E-state index in [0.29, 0.717) is 12.3 Å². The van der Waals surface area contributed by atoms with E-state index in [-0.39, 0.29) is 34.8 Å². The van der Waals surface area contributed by atoms with Crippen LogP contribution in [0.15, 0.2) is 47.5 Å². The molecule has 4 nitrogen and oxygen atoms in total. The Hall–Kier alpha value is -1.15. The molecule has 2 aromatic rings. The summed E-state index contributed by atoms with van der Waals surface area (Å²) in [4.78, 5) is 4.27. The second-order valence-electron chi connectivity index (χ2n) is 7.13. The van der Waals surface area contributed by atoms with Crippen molar-refractivity contribution in [3.63, 3.8) is 0 Å². The van der Waals surface area contributed by atoms with Crippen molar-refractivity contribution in [3.05, 3.63) is 48.0 Å². The van der Waals surface area contributed by atoms with Crippen LogP contribution in [0.4, 0.5) is 0 Å². The predicted molar refractivity (Wildman–Crippen MR) is 125 cm³/mol. The van der Waals surface area contributed by atoms with Crippen LogP contribution in [0.3, 0.4) is 0 Å². The number of halogens is 1. The number of fused-ring (bicyclic) bond motifs is 1. The highest BCUT2D eigenvalue weighted by molar-refractivity contribution is 14.0. The Bertz CT molecular complexity index is 771. The Balaban J connectivity index is 0.00000338. The zero-order valence-corrected chi connectivity index (χ0v) is 19.4. The van der Waals surface area contributed by atoms with Crippen molar-refractivity contribution in [3.8, 4) is 0 Å². The number of aliphatic imine (C=N–C) groups is 1. The number of guanidine groups is 1. The standard InChI is InChI=1S/C20H29N3OS.HI/c1-15(17-11-10-16-8-6-7-9-18(16)14-17)23-19(21-5)22-12-13-25(24)20(2,3)4;/h6-11,14-15H,12-13H2,1-5H3,(H2,21,22,23);1H. The van der Waals surface area contributed by atoms with E-state index < -0.39 is 10.8 Å². The first-order chi connectivity index (χ1) is 11.8. The Kier molecular flexibility index (Phi) is 9.03. The van der Waals surface area contributed by atoms with Crippen molar-refractivity contribution in [2.75, 3.05) is 19.3 Å². The maximum Gasteiger partial charge on any atom is 0.191 e. The monoisotopic (exact) mass is 487 g/mol. The second kappa shape index (κ2) is 10.3. The zero-order chi connectivity index (χ0) is 18.4. The minimum atomic E-state index is -0.865. The van der Waals surface area contributed by atoms with Crippen molar-refractivity contribution in [1.29, 1.82) is 0 Å². The van der Waals surface area contributed by atoms with Crippen LogP contribution in [0.25, 0.3) is 10.8 Å². The highest BCUT2D eigenvalue weighted by atomic mass is 127. The molecule has 0 aliphatic carbocycles. The summed E-state index contributed by atoms with van der Waals surface area (Å²) in [6.45, 7) is 8.74. The number of rotatable bonds is 5. The minimum absolute atomic E-state index is 0. The molecule has 0 bridgehead atoms. The van der Waals surface area contributed by atoms with Crippen molar-refractivity contribution < 1.29 is 4.21 Å². The highest BCUT2D eigenvalue weighted by Gasteiger charge is 2.18. The average Bonchev–Trinajstić information content (AvgIpc) is 2.59. The van der Waals surface area contributed by atoms with Gasteiger partial charge in [-0.1, -0.05) is 36.4 Å². The van der Waals surface area contributed by atoms with E-state index in [0.717, 1.165) is 5.96 Å². The normalized spacial score (nSPS) is 14.4. The van der Waals surface area contributed by atoms with Crippen LogP contribution in [0.2, 0.25) is 0 Å². The van der Waals surface area contributed by atoms with Crippen LogP contribution in [-0.4, -0.2) is 34.3 Å². The van der Waals surface area contributed by atoms with Gasteiger partial charge in [0.2, 0.25) is 0 Å². The van der Waals surface area contributed by atoms with Gasteiger partial charge in [0.25, 0.3) is 0 Å². The van der Waals surface area contributed by atoms with E-state index in [1.54, 1.807) is 7.05 Å². The molecule has 2 aromatic carbocycles. The molecule has 0 amide bonds. The minimum Gasteiger partial charge on any atom is -0.355 e. The molecule has 0 saturated carbocycles. The van der Waals surface area contributed by atoms with Gasteiger partial charge in [-0.3, -0.25) is 9.20 Å². The van der Waals surface area contributed by atoms with Gasteiger partial charge in [0.1, 0.15) is 0 Å². The van der Waals surface area contributed by atoms with Crippen LogP contribution in [0.5, 0.6) is 0 Å². The van der Waals surface area contributed by atoms with Gasteiger partial charge in [-0.05, 0) is 50.1 Å². The van der Waals surface area contributed by atoms with E-state index in [4.69, 9.17) is 0 Å². The zero-order valence-electron chi connectivity index (χ0n) is 16.2. The third kappa shape index (κ3) is 6.54. The number of hydrogen-bond acceptors (Lipinski definition) is 2. The van der Waals surface area contributed by atoms with Gasteiger partial charge in [-0.25, -0.2) is 0 Å². The number of nitrogens with zero attached hydrogens (tertiary/aromatic N) is 1. The van der Waals surface area contributed by atoms with Gasteiger partial charge in [-0.2, -0.15) is 0 Å². The van der Waals surface area contributed by atoms with Gasteiger partial charge >= 0.3 is 0 Å². The van der Waals surface area contributed by atoms with Crippen molar-refractivity contribution in [2.24, 2.45) is 4.99 Å². The quantitative estimate of drug-likeness (QED) is 0.377. The predicted octanol–water partition coefficient (Wildman–Crippen LogP) is 4.23. The Morgan fingerprint density at radius 3 is 2.42 bits per heavy atom. The van der Waals surface area contributed by atoms with E-state index in [1.165, 1.54) is 16.3 Å². The second-order valence-corrected chi connectivity index (χ2v) is 9.46. The maximum atomic E-state index is 12.1. The highest BCUT2D eigenvalue weighted by Crippen LogP contribution is 2.20. The largest absolute Gasteiger partial charge is 0.355 e. The third-order valence-corrected chi connectivity index (χ3v) is 6.05. The molecule has 2 unspecified atom stereocenters. The topological polar surface area (TPSA) is 53.5 Å². The Morgan fingerprint density at radius 2 is 1.81 bits per heavy atom. The maximum absolute atomic E-state index is 12.1. The molecule has 2 rings (SSSR count). The van der Waals surface area contributed by atoms with E-state index in [1.807, 2.05) is 20.8 Å². The molecule has 0 aliphatic rings. The fraction of sp³-hybridized carbons (Fsp3) is 0.450. The molecule has 26 heavy (non-hydrogen) atoms. The molecular weight excluding hydrogens is 457 g/mol. The molecular formula is C20H30IN3OS. The van der Waals surface area contributed by atoms with Crippen molar-refractivity contribution in [1.82, 2.24) is 10.6 Å². The van der Waals surface area contributed by atoms with Gasteiger partial charge in [-0.15, -0.1) is 24.0 Å². The molecule has 0 saturated heterocycles. The SMILES string of the molecule is CN=C(NCCS(=O)C(C)(C)C)NC(C)c1ccc2ccccc2c1.I. The lowest BCUT2D eigenvalue weighted by Gasteiger charge is -2.20. The lowest BCUT2D eigenvalue weighted by molar-refractivity contribution is 0.645. The van der Waals surface area contributed by atoms with Crippen LogP contribution in [-0.2, 0) is 10.8 Å². The smallest absolute Gasteiger partial charge is 0.191 e. The van der Waals surface area contributed by atoms with E-state index >= 15 is 0 Å². The number of hydrogen-bond donors (Lipinski definition) is 2. The van der Waals surface area contributed by atoms with Crippen LogP contribution < -0.4 is 10.6 Å². The molecule has 0 radical (unpaired) electrons. The fourth-order valence-corrected chi connectivity index (χ4v) is 3.43. The molecule has 2 atom stereocenters. The molecule has 0 heterocycles. The van der Waals surface area contributed by atoms with E-state index in [9.17, 15) is 4.21 Å². The molecule has 6 heteroatoms. The van der Waals surface area contributed by atoms with Crippen LogP contribution in [0, 0.1) is 0 Å². The summed E-state index contributed by atoms with van der Waals surface area (Å²) in [6.07, 6.45) is 0. The molecule has 0 fully saturated rings. The molecule has 0 aromatic heterocycles. The third-order valence-electron chi connectivity index (χ3n) is 4.11. The van der Waals surface area contributed by atoms with Crippen LogP contribution >= 0.6 is 24.0 Å². The first kappa shape index (κ1) is 22.9. The Labute approximate surface area is 176 Å². The van der Waals surface area contributed by atoms with Gasteiger partial charge in [0.15, 0.2) is 5.96 Å². The van der Waals surface area contributed by atoms with Crippen molar-refractivity contribution in [2.45, 2.75) is 38.5 Å². The molecule has 0 spiro atoms. The summed E-state index contributed by atoms with van der Waals surface area (Å²) in [5.74, 6) is 1.33. The van der Waals surface area contributed by atoms with Gasteiger partial charge < -0.3 is 10.6 Å². The number of benzene rings is 2. The summed E-state index contributed by atoms with van der Waals surface area (Å²) >= 11 is 0. The molecule has 2 N–H and O–H groups in total. The fourth-order valence-electron chi connectivity index (χ4n) is 2.53. The number of nitrogens with one attached hydrogen (secondary N) is 2. The van der Waals surface area contributed by atoms with Crippen molar-refractivity contribution >= 4 is 51.5 Å². The van der Waals surface area contributed by atoms with E-state index in [2.05, 4.69) is 65.0 Å². The van der Waals surface area contributed by atoms with Crippen LogP contribution in [0.1, 0.15) is 39.3 Å². The Morgan fingerprint density at radius 1 is 1.15 bits per heavy atom. The first-order valence-corrected chi connectivity index (χ1v) is 9.97. The lowest BCUT2D eigenvalue weighted by atomic mass is 10.0. The summed E-state index contributed by atoms with van der Waals surface area (Å²) in [6, 6.07) is 15.0. The molecule has 0 aliphatic heterocycles. The summed E-state index contributed by atoms with van der Waals surface area (Å²) < 4.78 is 11.9. The summed E-state index contributed by atoms with van der Waals surface area (Å²) in [7, 11) is 0.888. The summed E-state index contributed by atoms with van der Waals surface area (Å²) in [5, 5.41) is 9.13. The van der Waals surface area contributed by atoms with Gasteiger partial charge in [0, 0.05) is 34.9 Å². The lowest BCUT2D eigenvalue weighted by Crippen LogP contribution is -2.41.